The Balaban J connectivity index is 2.03. The molecule has 0 aliphatic carbocycles. The van der Waals surface area contributed by atoms with E-state index in [-0.39, 0.29) is 11.6 Å². The molecule has 0 spiro atoms. The number of hydrogen-bond donors (Lipinski definition) is 2. The predicted octanol–water partition coefficient (Wildman–Crippen LogP) is -0.506. The molecule has 1 amide bonds. The lowest BCUT2D eigenvalue weighted by molar-refractivity contribution is 0.0532. The molecule has 88 valence electrons. The van der Waals surface area contributed by atoms with Crippen LogP contribution in [0.25, 0.3) is 0 Å². The smallest absolute Gasteiger partial charge is 0.296 e. The number of rotatable bonds is 3. The van der Waals surface area contributed by atoms with Gasteiger partial charge >= 0.3 is 0 Å². The zero-order chi connectivity index (χ0) is 11.4. The minimum absolute atomic E-state index is 0.278. The van der Waals surface area contributed by atoms with E-state index < -0.39 is 0 Å². The molecule has 7 nitrogen and oxygen atoms in total. The van der Waals surface area contributed by atoms with Crippen LogP contribution in [0.4, 0.5) is 0 Å². The standard InChI is InChI=1S/C9H15N5O2/c1-16-12-9(15)8-6-14(13-11-8)7-2-4-10-5-3-7/h6-7,10H,2-5H2,1H3,(H,12,15). The van der Waals surface area contributed by atoms with Gasteiger partial charge in [0, 0.05) is 0 Å². The highest BCUT2D eigenvalue weighted by atomic mass is 16.6. The Morgan fingerprint density at radius 3 is 3.06 bits per heavy atom. The molecular weight excluding hydrogens is 210 g/mol. The predicted molar refractivity (Wildman–Crippen MR) is 55.6 cm³/mol. The van der Waals surface area contributed by atoms with Gasteiger partial charge in [0.15, 0.2) is 5.69 Å². The average Bonchev–Trinajstić information content (AvgIpc) is 2.80. The molecule has 0 radical (unpaired) electrons. The van der Waals surface area contributed by atoms with Crippen LogP contribution in [-0.4, -0.2) is 41.1 Å². The van der Waals surface area contributed by atoms with Crippen LogP contribution in [0.5, 0.6) is 0 Å². The Bertz CT molecular complexity index is 359. The summed E-state index contributed by atoms with van der Waals surface area (Å²) in [6, 6.07) is 0.331. The number of nitrogens with one attached hydrogen (secondary N) is 2. The number of nitrogens with zero attached hydrogens (tertiary/aromatic N) is 3. The molecule has 2 rings (SSSR count). The summed E-state index contributed by atoms with van der Waals surface area (Å²) in [5.74, 6) is -0.373. The molecule has 1 aliphatic rings. The Morgan fingerprint density at radius 1 is 1.62 bits per heavy atom. The second-order valence-electron chi connectivity index (χ2n) is 3.70. The fourth-order valence-corrected chi connectivity index (χ4v) is 1.78. The van der Waals surface area contributed by atoms with E-state index in [0.29, 0.717) is 6.04 Å². The van der Waals surface area contributed by atoms with E-state index >= 15 is 0 Å². The van der Waals surface area contributed by atoms with Crippen molar-refractivity contribution in [2.75, 3.05) is 20.2 Å². The van der Waals surface area contributed by atoms with Gasteiger partial charge in [-0.2, -0.15) is 0 Å². The lowest BCUT2D eigenvalue weighted by Crippen LogP contribution is -2.29. The number of amides is 1. The third kappa shape index (κ3) is 2.37. The summed E-state index contributed by atoms with van der Waals surface area (Å²) in [5.41, 5.74) is 2.49. The first-order valence-electron chi connectivity index (χ1n) is 5.27. The van der Waals surface area contributed by atoms with Gasteiger partial charge in [-0.15, -0.1) is 5.10 Å². The van der Waals surface area contributed by atoms with Crippen molar-refractivity contribution in [3.05, 3.63) is 11.9 Å². The van der Waals surface area contributed by atoms with Crippen molar-refractivity contribution in [2.45, 2.75) is 18.9 Å². The summed E-state index contributed by atoms with van der Waals surface area (Å²) in [4.78, 5) is 15.9. The molecule has 1 aliphatic heterocycles. The summed E-state index contributed by atoms with van der Waals surface area (Å²) in [7, 11) is 1.38. The molecule has 2 N–H and O–H groups in total. The number of aromatic nitrogens is 3. The van der Waals surface area contributed by atoms with E-state index in [2.05, 4.69) is 25.9 Å². The molecule has 7 heteroatoms. The van der Waals surface area contributed by atoms with E-state index in [1.165, 1.54) is 7.11 Å². The van der Waals surface area contributed by atoms with E-state index in [1.807, 2.05) is 0 Å². The van der Waals surface area contributed by atoms with Crippen molar-refractivity contribution in [1.29, 1.82) is 0 Å². The van der Waals surface area contributed by atoms with Gasteiger partial charge in [-0.05, 0) is 25.9 Å². The lowest BCUT2D eigenvalue weighted by atomic mass is 10.1. The molecule has 0 bridgehead atoms. The molecule has 0 atom stereocenters. The second-order valence-corrected chi connectivity index (χ2v) is 3.70. The van der Waals surface area contributed by atoms with Crippen molar-refractivity contribution in [3.63, 3.8) is 0 Å². The number of hydroxylamine groups is 1. The third-order valence-corrected chi connectivity index (χ3v) is 2.62. The Kier molecular flexibility index (Phi) is 3.47. The van der Waals surface area contributed by atoms with Gasteiger partial charge in [-0.3, -0.25) is 9.63 Å². The van der Waals surface area contributed by atoms with Gasteiger partial charge < -0.3 is 5.32 Å². The highest BCUT2D eigenvalue weighted by Crippen LogP contribution is 2.16. The fraction of sp³-hybridized carbons (Fsp3) is 0.667. The Labute approximate surface area is 93.1 Å². The molecule has 1 aromatic heterocycles. The highest BCUT2D eigenvalue weighted by Gasteiger charge is 2.18. The molecule has 0 unspecified atom stereocenters. The lowest BCUT2D eigenvalue weighted by Gasteiger charge is -2.21. The van der Waals surface area contributed by atoms with Crippen LogP contribution in [0.1, 0.15) is 29.4 Å². The van der Waals surface area contributed by atoms with Crippen molar-refractivity contribution in [1.82, 2.24) is 25.8 Å². The van der Waals surface area contributed by atoms with Gasteiger partial charge in [0.25, 0.3) is 5.91 Å². The van der Waals surface area contributed by atoms with E-state index in [9.17, 15) is 4.79 Å². The average molecular weight is 225 g/mol. The molecule has 1 fully saturated rings. The fourth-order valence-electron chi connectivity index (χ4n) is 1.78. The third-order valence-electron chi connectivity index (χ3n) is 2.62. The topological polar surface area (TPSA) is 81.1 Å². The van der Waals surface area contributed by atoms with Crippen molar-refractivity contribution in [3.8, 4) is 0 Å². The van der Waals surface area contributed by atoms with E-state index in [1.54, 1.807) is 10.9 Å². The zero-order valence-corrected chi connectivity index (χ0v) is 9.14. The van der Waals surface area contributed by atoms with Crippen LogP contribution >= 0.6 is 0 Å². The van der Waals surface area contributed by atoms with Crippen LogP contribution in [0.3, 0.4) is 0 Å². The van der Waals surface area contributed by atoms with Crippen LogP contribution in [-0.2, 0) is 4.84 Å². The summed E-state index contributed by atoms with van der Waals surface area (Å²) in [6.07, 6.45) is 3.67. The Hall–Kier alpha value is -1.47. The van der Waals surface area contributed by atoms with Crippen molar-refractivity contribution in [2.24, 2.45) is 0 Å². The minimum atomic E-state index is -0.373. The van der Waals surface area contributed by atoms with Crippen molar-refractivity contribution >= 4 is 5.91 Å². The van der Waals surface area contributed by atoms with Crippen molar-refractivity contribution < 1.29 is 9.63 Å². The number of carbonyl (C=O) groups excluding carboxylic acids is 1. The van der Waals surface area contributed by atoms with Crippen LogP contribution < -0.4 is 10.8 Å². The van der Waals surface area contributed by atoms with E-state index in [0.717, 1.165) is 25.9 Å². The maximum absolute atomic E-state index is 11.4. The molecule has 1 saturated heterocycles. The van der Waals surface area contributed by atoms with Gasteiger partial charge in [-0.1, -0.05) is 5.21 Å². The number of piperidine rings is 1. The quantitative estimate of drug-likeness (QED) is 0.677. The normalized spacial score (nSPS) is 17.3. The molecular formula is C9H15N5O2. The zero-order valence-electron chi connectivity index (χ0n) is 9.14. The van der Waals surface area contributed by atoms with Crippen LogP contribution in [0.2, 0.25) is 0 Å². The van der Waals surface area contributed by atoms with Gasteiger partial charge in [0.05, 0.1) is 19.3 Å². The number of carbonyl (C=O) groups is 1. The summed E-state index contributed by atoms with van der Waals surface area (Å²) in [5, 5.41) is 11.0. The molecule has 16 heavy (non-hydrogen) atoms. The minimum Gasteiger partial charge on any atom is -0.317 e. The van der Waals surface area contributed by atoms with Crippen LogP contribution in [0.15, 0.2) is 6.20 Å². The Morgan fingerprint density at radius 2 is 2.38 bits per heavy atom. The molecule has 0 aromatic carbocycles. The maximum atomic E-state index is 11.4. The van der Waals surface area contributed by atoms with Gasteiger partial charge in [-0.25, -0.2) is 10.2 Å². The highest BCUT2D eigenvalue weighted by molar-refractivity contribution is 5.90. The molecule has 1 aromatic rings. The van der Waals surface area contributed by atoms with Gasteiger partial charge in [0.1, 0.15) is 0 Å². The van der Waals surface area contributed by atoms with Crippen LogP contribution in [0, 0.1) is 0 Å². The first-order chi connectivity index (χ1) is 7.81. The largest absolute Gasteiger partial charge is 0.317 e. The second kappa shape index (κ2) is 5.04. The number of hydrogen-bond acceptors (Lipinski definition) is 5. The summed E-state index contributed by atoms with van der Waals surface area (Å²) < 4.78 is 1.76. The maximum Gasteiger partial charge on any atom is 0.296 e. The molecule has 0 saturated carbocycles. The summed E-state index contributed by atoms with van der Waals surface area (Å²) >= 11 is 0. The molecule has 2 heterocycles. The SMILES string of the molecule is CONC(=O)c1cn(C2CCNCC2)nn1. The van der Waals surface area contributed by atoms with Gasteiger partial charge in [0.2, 0.25) is 0 Å². The summed E-state index contributed by atoms with van der Waals surface area (Å²) in [6.45, 7) is 1.95. The van der Waals surface area contributed by atoms with E-state index in [4.69, 9.17) is 0 Å². The first kappa shape index (κ1) is 11.0. The first-order valence-corrected chi connectivity index (χ1v) is 5.27. The monoisotopic (exact) mass is 225 g/mol.